The Balaban J connectivity index is 1.58. The molecule has 108 valence electrons. The lowest BCUT2D eigenvalue weighted by atomic mass is 9.94. The van der Waals surface area contributed by atoms with Gasteiger partial charge in [-0.2, -0.15) is 0 Å². The van der Waals surface area contributed by atoms with E-state index in [4.69, 9.17) is 4.74 Å². The van der Waals surface area contributed by atoms with Gasteiger partial charge in [0.05, 0.1) is 7.11 Å². The summed E-state index contributed by atoms with van der Waals surface area (Å²) in [4.78, 5) is 14.2. The van der Waals surface area contributed by atoms with E-state index < -0.39 is 0 Å². The summed E-state index contributed by atoms with van der Waals surface area (Å²) in [5.74, 6) is 1.41. The number of piperidine rings is 1. The minimum absolute atomic E-state index is 0.000479. The van der Waals surface area contributed by atoms with Crippen molar-refractivity contribution in [2.24, 2.45) is 5.92 Å². The molecule has 2 atom stereocenters. The van der Waals surface area contributed by atoms with E-state index in [9.17, 15) is 4.79 Å². The molecule has 20 heavy (non-hydrogen) atoms. The Bertz CT molecular complexity index is 475. The molecular formula is C15H21N3O2. The minimum atomic E-state index is 0.000479. The maximum absolute atomic E-state index is 12.3. The number of likely N-dealkylation sites (tertiary alicyclic amines) is 1. The highest BCUT2D eigenvalue weighted by molar-refractivity contribution is 5.89. The van der Waals surface area contributed by atoms with Crippen molar-refractivity contribution in [3.63, 3.8) is 0 Å². The van der Waals surface area contributed by atoms with Crippen LogP contribution in [-0.2, 0) is 0 Å². The van der Waals surface area contributed by atoms with Gasteiger partial charge in [-0.3, -0.25) is 0 Å². The summed E-state index contributed by atoms with van der Waals surface area (Å²) < 4.78 is 5.11. The fourth-order valence-corrected chi connectivity index (χ4v) is 3.11. The summed E-state index contributed by atoms with van der Waals surface area (Å²) in [5, 5.41) is 6.46. The third kappa shape index (κ3) is 2.72. The number of benzene rings is 1. The zero-order chi connectivity index (χ0) is 13.9. The van der Waals surface area contributed by atoms with Crippen LogP contribution in [0.4, 0.5) is 10.5 Å². The van der Waals surface area contributed by atoms with E-state index in [1.165, 1.54) is 6.42 Å². The Labute approximate surface area is 119 Å². The van der Waals surface area contributed by atoms with Crippen molar-refractivity contribution in [3.8, 4) is 5.75 Å². The number of nitrogens with one attached hydrogen (secondary N) is 2. The van der Waals surface area contributed by atoms with Crippen LogP contribution >= 0.6 is 0 Å². The molecule has 1 aromatic rings. The van der Waals surface area contributed by atoms with Crippen LogP contribution in [0, 0.1) is 5.92 Å². The van der Waals surface area contributed by atoms with Crippen molar-refractivity contribution >= 4 is 11.7 Å². The van der Waals surface area contributed by atoms with Gasteiger partial charge < -0.3 is 20.3 Å². The molecule has 1 aromatic carbocycles. The van der Waals surface area contributed by atoms with Crippen LogP contribution < -0.4 is 15.4 Å². The molecule has 2 amide bonds. The first-order valence-electron chi connectivity index (χ1n) is 7.19. The molecule has 0 aliphatic carbocycles. The smallest absolute Gasteiger partial charge is 0.321 e. The van der Waals surface area contributed by atoms with Crippen molar-refractivity contribution in [1.82, 2.24) is 10.2 Å². The van der Waals surface area contributed by atoms with Crippen LogP contribution in [0.3, 0.4) is 0 Å². The maximum Gasteiger partial charge on any atom is 0.321 e. The van der Waals surface area contributed by atoms with Crippen LogP contribution in [-0.4, -0.2) is 43.7 Å². The van der Waals surface area contributed by atoms with Crippen LogP contribution in [0.1, 0.15) is 12.8 Å². The van der Waals surface area contributed by atoms with Gasteiger partial charge in [0.2, 0.25) is 0 Å². The zero-order valence-corrected chi connectivity index (χ0v) is 11.8. The number of urea groups is 1. The van der Waals surface area contributed by atoms with Crippen LogP contribution in [0.2, 0.25) is 0 Å². The lowest BCUT2D eigenvalue weighted by Gasteiger charge is -2.34. The highest BCUT2D eigenvalue weighted by Crippen LogP contribution is 2.25. The van der Waals surface area contributed by atoms with Gasteiger partial charge in [-0.25, -0.2) is 4.79 Å². The molecule has 2 N–H and O–H groups in total. The molecule has 5 nitrogen and oxygen atoms in total. The largest absolute Gasteiger partial charge is 0.497 e. The van der Waals surface area contributed by atoms with Gasteiger partial charge >= 0.3 is 6.03 Å². The van der Waals surface area contributed by atoms with Crippen molar-refractivity contribution in [2.75, 3.05) is 32.1 Å². The minimum Gasteiger partial charge on any atom is -0.497 e. The summed E-state index contributed by atoms with van der Waals surface area (Å²) in [5.41, 5.74) is 0.808. The molecule has 5 heteroatoms. The van der Waals surface area contributed by atoms with E-state index in [-0.39, 0.29) is 6.03 Å². The molecule has 2 saturated heterocycles. The van der Waals surface area contributed by atoms with Gasteiger partial charge in [0, 0.05) is 24.8 Å². The highest BCUT2D eigenvalue weighted by atomic mass is 16.5. The monoisotopic (exact) mass is 275 g/mol. The molecule has 0 saturated carbocycles. The third-order valence-corrected chi connectivity index (χ3v) is 4.28. The first-order chi connectivity index (χ1) is 9.76. The van der Waals surface area contributed by atoms with Gasteiger partial charge in [-0.05, 0) is 49.6 Å². The van der Waals surface area contributed by atoms with Crippen LogP contribution in [0.5, 0.6) is 5.75 Å². The fourth-order valence-electron chi connectivity index (χ4n) is 3.11. The molecule has 2 aliphatic heterocycles. The number of nitrogens with zero attached hydrogens (tertiary/aromatic N) is 1. The molecule has 0 radical (unpaired) electrons. The number of hydrogen-bond donors (Lipinski definition) is 2. The number of carbonyl (C=O) groups is 1. The molecule has 2 aliphatic rings. The normalized spacial score (nSPS) is 25.1. The van der Waals surface area contributed by atoms with Crippen molar-refractivity contribution in [1.29, 1.82) is 0 Å². The first-order valence-corrected chi connectivity index (χ1v) is 7.19. The SMILES string of the molecule is COc1ccc(NC(=O)N2CCC3NCCC3C2)cc1. The summed E-state index contributed by atoms with van der Waals surface area (Å²) >= 11 is 0. The molecule has 2 unspecified atom stereocenters. The van der Waals surface area contributed by atoms with Crippen LogP contribution in [0.25, 0.3) is 0 Å². The molecule has 2 fully saturated rings. The second-order valence-corrected chi connectivity index (χ2v) is 5.50. The van der Waals surface area contributed by atoms with Crippen molar-refractivity contribution in [3.05, 3.63) is 24.3 Å². The number of ether oxygens (including phenoxy) is 1. The number of amides is 2. The van der Waals surface area contributed by atoms with Crippen LogP contribution in [0.15, 0.2) is 24.3 Å². The molecule has 0 aromatic heterocycles. The molecule has 0 bridgehead atoms. The number of hydrogen-bond acceptors (Lipinski definition) is 3. The Hall–Kier alpha value is -1.75. The third-order valence-electron chi connectivity index (χ3n) is 4.28. The maximum atomic E-state index is 12.3. The fraction of sp³-hybridized carbons (Fsp3) is 0.533. The van der Waals surface area contributed by atoms with E-state index in [0.717, 1.165) is 37.5 Å². The Morgan fingerprint density at radius 2 is 2.15 bits per heavy atom. The van der Waals surface area contributed by atoms with Crippen molar-refractivity contribution in [2.45, 2.75) is 18.9 Å². The van der Waals surface area contributed by atoms with Gasteiger partial charge in [0.15, 0.2) is 0 Å². The average molecular weight is 275 g/mol. The van der Waals surface area contributed by atoms with E-state index in [0.29, 0.717) is 12.0 Å². The predicted molar refractivity (Wildman–Crippen MR) is 78.1 cm³/mol. The zero-order valence-electron chi connectivity index (χ0n) is 11.8. The highest BCUT2D eigenvalue weighted by Gasteiger charge is 2.34. The van der Waals surface area contributed by atoms with Crippen molar-refractivity contribution < 1.29 is 9.53 Å². The Morgan fingerprint density at radius 3 is 2.90 bits per heavy atom. The second-order valence-electron chi connectivity index (χ2n) is 5.50. The van der Waals surface area contributed by atoms with E-state index >= 15 is 0 Å². The number of anilines is 1. The Kier molecular flexibility index (Phi) is 3.78. The standard InChI is InChI=1S/C15H21N3O2/c1-20-13-4-2-12(3-5-13)17-15(19)18-9-7-14-11(10-18)6-8-16-14/h2-5,11,14,16H,6-10H2,1H3,(H,17,19). The topological polar surface area (TPSA) is 53.6 Å². The van der Waals surface area contributed by atoms with E-state index in [2.05, 4.69) is 10.6 Å². The summed E-state index contributed by atoms with van der Waals surface area (Å²) in [6.45, 7) is 2.78. The average Bonchev–Trinajstić information content (AvgIpc) is 2.95. The number of rotatable bonds is 2. The molecule has 2 heterocycles. The van der Waals surface area contributed by atoms with Gasteiger partial charge in [-0.1, -0.05) is 0 Å². The lowest BCUT2D eigenvalue weighted by molar-refractivity contribution is 0.170. The summed E-state index contributed by atoms with van der Waals surface area (Å²) in [6, 6.07) is 8.03. The molecular weight excluding hydrogens is 254 g/mol. The number of fused-ring (bicyclic) bond motifs is 1. The summed E-state index contributed by atoms with van der Waals surface area (Å²) in [6.07, 6.45) is 2.23. The molecule has 3 rings (SSSR count). The first kappa shape index (κ1) is 13.2. The predicted octanol–water partition coefficient (Wildman–Crippen LogP) is 1.91. The second kappa shape index (κ2) is 5.71. The van der Waals surface area contributed by atoms with Gasteiger partial charge in [-0.15, -0.1) is 0 Å². The quantitative estimate of drug-likeness (QED) is 0.867. The van der Waals surface area contributed by atoms with E-state index in [1.807, 2.05) is 29.2 Å². The number of methoxy groups -OCH3 is 1. The van der Waals surface area contributed by atoms with E-state index in [1.54, 1.807) is 7.11 Å². The van der Waals surface area contributed by atoms with Gasteiger partial charge in [0.25, 0.3) is 0 Å². The lowest BCUT2D eigenvalue weighted by Crippen LogP contribution is -2.48. The number of carbonyl (C=O) groups excluding carboxylic acids is 1. The van der Waals surface area contributed by atoms with Gasteiger partial charge in [0.1, 0.15) is 5.75 Å². The summed E-state index contributed by atoms with van der Waals surface area (Å²) in [7, 11) is 1.63. The Morgan fingerprint density at radius 1 is 1.35 bits per heavy atom. The molecule has 0 spiro atoms.